The minimum Gasteiger partial charge on any atom is -0.481 e. The lowest BCUT2D eigenvalue weighted by Gasteiger charge is -2.39. The van der Waals surface area contributed by atoms with Gasteiger partial charge in [0.15, 0.2) is 5.13 Å². The van der Waals surface area contributed by atoms with E-state index in [-0.39, 0.29) is 11.8 Å². The summed E-state index contributed by atoms with van der Waals surface area (Å²) in [6.45, 7) is 11.6. The third-order valence-corrected chi connectivity index (χ3v) is 8.55. The summed E-state index contributed by atoms with van der Waals surface area (Å²) in [7, 11) is 0. The van der Waals surface area contributed by atoms with Crippen molar-refractivity contribution in [3.63, 3.8) is 0 Å². The van der Waals surface area contributed by atoms with Gasteiger partial charge in [0.2, 0.25) is 0 Å². The molecule has 1 aliphatic rings. The number of piperidine rings is 1. The molecule has 216 valence electrons. The molecule has 0 bridgehead atoms. The lowest BCUT2D eigenvalue weighted by atomic mass is 9.76. The van der Waals surface area contributed by atoms with Gasteiger partial charge >= 0.3 is 12.0 Å². The number of carbonyl (C=O) groups excluding carboxylic acids is 1. The topological polar surface area (TPSA) is 107 Å². The van der Waals surface area contributed by atoms with Gasteiger partial charge in [-0.1, -0.05) is 50.0 Å². The molecule has 3 aromatic rings. The van der Waals surface area contributed by atoms with Crippen molar-refractivity contribution < 1.29 is 19.1 Å². The van der Waals surface area contributed by atoms with Crippen molar-refractivity contribution in [3.05, 3.63) is 66.3 Å². The largest absolute Gasteiger partial charge is 0.481 e. The average Bonchev–Trinajstić information content (AvgIpc) is 3.37. The fraction of sp³-hybridized carbons (Fsp3) is 0.355. The number of carboxylic acids is 1. The van der Waals surface area contributed by atoms with Gasteiger partial charge in [0, 0.05) is 31.4 Å². The van der Waals surface area contributed by atoms with Crippen LogP contribution in [0.1, 0.15) is 52.0 Å². The minimum absolute atomic E-state index is 0.321. The highest BCUT2D eigenvalue weighted by Gasteiger charge is 2.40. The first-order valence-corrected chi connectivity index (χ1v) is 14.7. The number of hydrogen-bond acceptors (Lipinski definition) is 6. The quantitative estimate of drug-likeness (QED) is 0.222. The molecule has 0 atom stereocenters. The van der Waals surface area contributed by atoms with Crippen molar-refractivity contribution in [3.8, 4) is 11.1 Å². The first-order chi connectivity index (χ1) is 19.7. The summed E-state index contributed by atoms with van der Waals surface area (Å²) in [5.74, 6) is -0.469. The standard InChI is InChI=1S/C31H36FN5O3S/c1-5-8-22(19-34-20(4)37-15-13-31(6-2,14-16-37)28(38)39)23-17-25(21-9-11-24(32)12-10-21)27-26(18-23)35-30(41-27)36-29(40)33-7-3/h8-12,17-19H,4-7,13-16H2,1-3H3,(H,38,39)(H2,33,35,36,40)/b22-8+,34-19-. The van der Waals surface area contributed by atoms with Crippen LogP contribution in [0.2, 0.25) is 0 Å². The zero-order valence-electron chi connectivity index (χ0n) is 23.7. The Hall–Kier alpha value is -4.05. The Labute approximate surface area is 243 Å². The number of thiazole rings is 1. The summed E-state index contributed by atoms with van der Waals surface area (Å²) in [6.07, 6.45) is 6.32. The molecule has 2 aromatic carbocycles. The number of likely N-dealkylation sites (tertiary alicyclic amines) is 1. The lowest BCUT2D eigenvalue weighted by Crippen LogP contribution is -2.43. The van der Waals surface area contributed by atoms with Gasteiger partial charge < -0.3 is 15.3 Å². The summed E-state index contributed by atoms with van der Waals surface area (Å²) in [5, 5.41) is 15.7. The highest BCUT2D eigenvalue weighted by Crippen LogP contribution is 2.38. The number of hydrogen-bond donors (Lipinski definition) is 3. The van der Waals surface area contributed by atoms with E-state index in [9.17, 15) is 19.1 Å². The fourth-order valence-corrected chi connectivity index (χ4v) is 5.98. The number of halogens is 1. The molecule has 0 aliphatic carbocycles. The third-order valence-electron chi connectivity index (χ3n) is 7.53. The van der Waals surface area contributed by atoms with Crippen LogP contribution in [0.15, 0.2) is 59.9 Å². The van der Waals surface area contributed by atoms with E-state index in [0.29, 0.717) is 55.4 Å². The number of nitrogens with zero attached hydrogens (tertiary/aromatic N) is 3. The molecule has 0 spiro atoms. The Bertz CT molecular complexity index is 1490. The molecule has 0 unspecified atom stereocenters. The number of benzene rings is 2. The van der Waals surface area contributed by atoms with Crippen LogP contribution in [0, 0.1) is 11.2 Å². The van der Waals surface area contributed by atoms with E-state index in [1.807, 2.05) is 37.8 Å². The number of nitrogens with one attached hydrogen (secondary N) is 2. The Kier molecular flexibility index (Phi) is 9.54. The van der Waals surface area contributed by atoms with Gasteiger partial charge in [-0.2, -0.15) is 0 Å². The first kappa shape index (κ1) is 29.9. The molecule has 2 amide bonds. The second-order valence-electron chi connectivity index (χ2n) is 10.1. The predicted molar refractivity (Wildman–Crippen MR) is 165 cm³/mol. The minimum atomic E-state index is -0.735. The van der Waals surface area contributed by atoms with E-state index in [2.05, 4.69) is 33.3 Å². The van der Waals surface area contributed by atoms with Crippen LogP contribution in [-0.2, 0) is 4.79 Å². The smallest absolute Gasteiger partial charge is 0.321 e. The molecular weight excluding hydrogens is 541 g/mol. The van der Waals surface area contributed by atoms with Gasteiger partial charge in [-0.15, -0.1) is 0 Å². The summed E-state index contributed by atoms with van der Waals surface area (Å²) in [4.78, 5) is 35.4. The van der Waals surface area contributed by atoms with Crippen molar-refractivity contribution >= 4 is 50.5 Å². The van der Waals surface area contributed by atoms with Gasteiger partial charge in [0.1, 0.15) is 11.6 Å². The monoisotopic (exact) mass is 577 g/mol. The number of aliphatic imine (C=N–C) groups is 1. The fourth-order valence-electron chi connectivity index (χ4n) is 5.00. The number of aliphatic carboxylic acids is 1. The second kappa shape index (κ2) is 13.1. The summed E-state index contributed by atoms with van der Waals surface area (Å²) < 4.78 is 14.6. The highest BCUT2D eigenvalue weighted by molar-refractivity contribution is 7.22. The molecule has 4 rings (SSSR count). The van der Waals surface area contributed by atoms with Crippen LogP contribution in [-0.4, -0.2) is 52.8 Å². The number of rotatable bonds is 10. The van der Waals surface area contributed by atoms with Crippen LogP contribution in [0.4, 0.5) is 14.3 Å². The van der Waals surface area contributed by atoms with Crippen molar-refractivity contribution in [2.75, 3.05) is 25.0 Å². The highest BCUT2D eigenvalue weighted by atomic mass is 32.1. The molecule has 41 heavy (non-hydrogen) atoms. The van der Waals surface area contributed by atoms with Crippen LogP contribution >= 0.6 is 11.3 Å². The van der Waals surface area contributed by atoms with Gasteiger partial charge in [-0.3, -0.25) is 10.1 Å². The Morgan fingerprint density at radius 3 is 2.51 bits per heavy atom. The Morgan fingerprint density at radius 1 is 1.20 bits per heavy atom. The Balaban J connectivity index is 1.66. The van der Waals surface area contributed by atoms with Crippen molar-refractivity contribution in [1.29, 1.82) is 0 Å². The number of carbonyl (C=O) groups is 2. The van der Waals surface area contributed by atoms with Crippen molar-refractivity contribution in [1.82, 2.24) is 15.2 Å². The molecule has 10 heteroatoms. The molecule has 8 nitrogen and oxygen atoms in total. The van der Waals surface area contributed by atoms with Crippen molar-refractivity contribution in [2.24, 2.45) is 10.4 Å². The number of allylic oxidation sites excluding steroid dienone is 2. The molecule has 2 heterocycles. The number of urea groups is 1. The summed E-state index contributed by atoms with van der Waals surface area (Å²) >= 11 is 1.36. The average molecular weight is 578 g/mol. The molecule has 1 fully saturated rings. The summed E-state index contributed by atoms with van der Waals surface area (Å²) in [6, 6.07) is 9.97. The number of amides is 2. The summed E-state index contributed by atoms with van der Waals surface area (Å²) in [5.41, 5.74) is 3.46. The van der Waals surface area contributed by atoms with Crippen LogP contribution < -0.4 is 10.6 Å². The van der Waals surface area contributed by atoms with E-state index < -0.39 is 11.4 Å². The van der Waals surface area contributed by atoms with E-state index >= 15 is 0 Å². The lowest BCUT2D eigenvalue weighted by molar-refractivity contribution is -0.152. The van der Waals surface area contributed by atoms with E-state index in [0.717, 1.165) is 33.4 Å². The zero-order chi connectivity index (χ0) is 29.6. The molecule has 0 saturated carbocycles. The molecule has 1 aliphatic heterocycles. The molecule has 0 radical (unpaired) electrons. The molecule has 3 N–H and O–H groups in total. The number of aromatic nitrogens is 1. The maximum atomic E-state index is 13.7. The van der Waals surface area contributed by atoms with Gasteiger partial charge in [-0.25, -0.2) is 19.2 Å². The van der Waals surface area contributed by atoms with Crippen LogP contribution in [0.25, 0.3) is 26.9 Å². The second-order valence-corrected chi connectivity index (χ2v) is 11.0. The molecule has 1 saturated heterocycles. The number of carboxylic acid groups (broad SMARTS) is 1. The molecule has 1 aromatic heterocycles. The Morgan fingerprint density at radius 2 is 1.90 bits per heavy atom. The van der Waals surface area contributed by atoms with Crippen LogP contribution in [0.3, 0.4) is 0 Å². The van der Waals surface area contributed by atoms with Gasteiger partial charge in [-0.05, 0) is 73.6 Å². The molecular formula is C31H36FN5O3S. The van der Waals surface area contributed by atoms with Crippen molar-refractivity contribution in [2.45, 2.75) is 46.5 Å². The van der Waals surface area contributed by atoms with E-state index in [1.165, 1.54) is 23.5 Å². The van der Waals surface area contributed by atoms with Gasteiger partial charge in [0.05, 0.1) is 15.6 Å². The van der Waals surface area contributed by atoms with Gasteiger partial charge in [0.25, 0.3) is 0 Å². The maximum Gasteiger partial charge on any atom is 0.321 e. The SMILES string of the molecule is C=C(/N=C\C(=C/CC)c1cc(-c2ccc(F)cc2)c2sc(NC(=O)NCC)nc2c1)N1CCC(CC)(C(=O)O)CC1. The zero-order valence-corrected chi connectivity index (χ0v) is 24.5. The van der Waals surface area contributed by atoms with E-state index in [4.69, 9.17) is 0 Å². The maximum absolute atomic E-state index is 13.7. The predicted octanol–water partition coefficient (Wildman–Crippen LogP) is 7.16. The van der Waals surface area contributed by atoms with E-state index in [1.54, 1.807) is 18.3 Å². The third kappa shape index (κ3) is 6.82. The first-order valence-electron chi connectivity index (χ1n) is 13.9. The van der Waals surface area contributed by atoms with Crippen LogP contribution in [0.5, 0.6) is 0 Å². The normalized spacial score (nSPS) is 15.3. The number of fused-ring (bicyclic) bond motifs is 1. The number of anilines is 1.